The number of piperidine rings is 1. The van der Waals surface area contributed by atoms with Crippen molar-refractivity contribution in [3.8, 4) is 0 Å². The number of fused-ring (bicyclic) bond motifs is 1. The third kappa shape index (κ3) is 5.12. The first-order valence-corrected chi connectivity index (χ1v) is 13.9. The van der Waals surface area contributed by atoms with Gasteiger partial charge in [-0.25, -0.2) is 15.0 Å². The lowest BCUT2D eigenvalue weighted by atomic mass is 10.1. The van der Waals surface area contributed by atoms with Crippen LogP contribution in [0.4, 0.5) is 11.8 Å². The van der Waals surface area contributed by atoms with E-state index in [1.807, 2.05) is 13.1 Å². The summed E-state index contributed by atoms with van der Waals surface area (Å²) < 4.78 is 12.0. The molecular formula is C23H29N7OS2. The van der Waals surface area contributed by atoms with E-state index in [0.717, 1.165) is 72.6 Å². The molecule has 10 heteroatoms. The molecule has 0 bridgehead atoms. The highest BCUT2D eigenvalue weighted by Gasteiger charge is 2.26. The fraction of sp³-hybridized carbons (Fsp3) is 0.478. The quantitative estimate of drug-likeness (QED) is 0.420. The highest BCUT2D eigenvalue weighted by Crippen LogP contribution is 2.33. The number of anilines is 2. The number of benzene rings is 1. The van der Waals surface area contributed by atoms with E-state index in [4.69, 9.17) is 9.97 Å². The van der Waals surface area contributed by atoms with Crippen LogP contribution in [0.5, 0.6) is 0 Å². The van der Waals surface area contributed by atoms with E-state index in [1.54, 1.807) is 18.1 Å². The van der Waals surface area contributed by atoms with Gasteiger partial charge < -0.3 is 15.1 Å². The predicted octanol–water partition coefficient (Wildman–Crippen LogP) is 2.47. The lowest BCUT2D eigenvalue weighted by Gasteiger charge is -2.33. The molecule has 0 saturated carbocycles. The first kappa shape index (κ1) is 22.5. The Bertz CT molecular complexity index is 1110. The molecule has 4 heterocycles. The Morgan fingerprint density at radius 1 is 1.00 bits per heavy atom. The summed E-state index contributed by atoms with van der Waals surface area (Å²) in [5.41, 5.74) is 2.83. The van der Waals surface area contributed by atoms with Gasteiger partial charge in [0.2, 0.25) is 5.95 Å². The molecule has 8 nitrogen and oxygen atoms in total. The van der Waals surface area contributed by atoms with E-state index in [9.17, 15) is 4.21 Å². The van der Waals surface area contributed by atoms with Gasteiger partial charge in [-0.1, -0.05) is 42.1 Å². The van der Waals surface area contributed by atoms with E-state index in [2.05, 4.69) is 49.4 Å². The molecule has 5 rings (SSSR count). The summed E-state index contributed by atoms with van der Waals surface area (Å²) in [6, 6.07) is 10.9. The molecule has 1 N–H and O–H groups in total. The van der Waals surface area contributed by atoms with Gasteiger partial charge in [-0.3, -0.25) is 4.21 Å². The van der Waals surface area contributed by atoms with Crippen LogP contribution in [0, 0.1) is 0 Å². The first-order valence-electron chi connectivity index (χ1n) is 11.4. The van der Waals surface area contributed by atoms with Crippen molar-refractivity contribution in [1.82, 2.24) is 25.3 Å². The van der Waals surface area contributed by atoms with Crippen LogP contribution in [0.25, 0.3) is 11.0 Å². The van der Waals surface area contributed by atoms with Gasteiger partial charge in [0.25, 0.3) is 0 Å². The standard InChI is InChI=1S/C23H29N7OS2/c1-24-18-7-9-30(10-8-18)23-27-20-19(21(28-23)29-11-13-33(31)14-12-29)25-16-26-22(20)32-15-17-5-3-2-4-6-17/h2-6,16,18,24H,7-15H2,1H3. The molecule has 2 aliphatic rings. The lowest BCUT2D eigenvalue weighted by molar-refractivity contribution is 0.439. The summed E-state index contributed by atoms with van der Waals surface area (Å²) in [6.07, 6.45) is 3.75. The van der Waals surface area contributed by atoms with Crippen molar-refractivity contribution in [2.24, 2.45) is 0 Å². The molecule has 2 aliphatic heterocycles. The van der Waals surface area contributed by atoms with E-state index in [1.165, 1.54) is 5.56 Å². The maximum atomic E-state index is 12.0. The summed E-state index contributed by atoms with van der Waals surface area (Å²) in [5, 5.41) is 4.26. The second-order valence-electron chi connectivity index (χ2n) is 8.38. The van der Waals surface area contributed by atoms with Crippen LogP contribution < -0.4 is 15.1 Å². The van der Waals surface area contributed by atoms with Crippen LogP contribution in [0.15, 0.2) is 41.7 Å². The molecule has 33 heavy (non-hydrogen) atoms. The summed E-state index contributed by atoms with van der Waals surface area (Å²) in [7, 11) is 1.28. The van der Waals surface area contributed by atoms with Crippen molar-refractivity contribution in [2.45, 2.75) is 29.7 Å². The number of hydrogen-bond acceptors (Lipinski definition) is 9. The van der Waals surface area contributed by atoms with Gasteiger partial charge in [0.05, 0.1) is 0 Å². The van der Waals surface area contributed by atoms with Crippen LogP contribution in [0.1, 0.15) is 18.4 Å². The highest BCUT2D eigenvalue weighted by molar-refractivity contribution is 7.98. The minimum atomic E-state index is -0.751. The zero-order chi connectivity index (χ0) is 22.6. The van der Waals surface area contributed by atoms with Gasteiger partial charge >= 0.3 is 0 Å². The van der Waals surface area contributed by atoms with Gasteiger partial charge in [0.15, 0.2) is 5.82 Å². The Hall–Kier alpha value is -2.30. The molecule has 1 aromatic carbocycles. The second kappa shape index (κ2) is 10.3. The monoisotopic (exact) mass is 483 g/mol. The average Bonchev–Trinajstić information content (AvgIpc) is 2.88. The maximum Gasteiger partial charge on any atom is 0.228 e. The van der Waals surface area contributed by atoms with Crippen molar-refractivity contribution in [3.63, 3.8) is 0 Å². The third-order valence-corrected chi connectivity index (χ3v) is 8.63. The number of nitrogens with zero attached hydrogens (tertiary/aromatic N) is 6. The zero-order valence-corrected chi connectivity index (χ0v) is 20.4. The van der Waals surface area contributed by atoms with Gasteiger partial charge in [-0.2, -0.15) is 4.98 Å². The van der Waals surface area contributed by atoms with Gasteiger partial charge in [-0.15, -0.1) is 0 Å². The van der Waals surface area contributed by atoms with Gasteiger partial charge in [0, 0.05) is 60.3 Å². The van der Waals surface area contributed by atoms with Crippen molar-refractivity contribution in [1.29, 1.82) is 0 Å². The second-order valence-corrected chi connectivity index (χ2v) is 11.0. The van der Waals surface area contributed by atoms with Gasteiger partial charge in [-0.05, 0) is 25.5 Å². The molecule has 3 aromatic rings. The minimum absolute atomic E-state index is 0.540. The lowest BCUT2D eigenvalue weighted by Crippen LogP contribution is -2.42. The van der Waals surface area contributed by atoms with Crippen molar-refractivity contribution in [2.75, 3.05) is 54.5 Å². The molecular weight excluding hydrogens is 454 g/mol. The SMILES string of the molecule is CNC1CCN(c2nc(N3CCS(=O)CC3)c3ncnc(SCc4ccccc4)c3n2)CC1. The van der Waals surface area contributed by atoms with E-state index >= 15 is 0 Å². The molecule has 2 aromatic heterocycles. The maximum absolute atomic E-state index is 12.0. The van der Waals surface area contributed by atoms with Crippen molar-refractivity contribution in [3.05, 3.63) is 42.2 Å². The Labute approximate surface area is 201 Å². The summed E-state index contributed by atoms with van der Waals surface area (Å²) in [6.45, 7) is 3.27. The van der Waals surface area contributed by atoms with Crippen LogP contribution in [-0.2, 0) is 16.6 Å². The molecule has 0 amide bonds. The minimum Gasteiger partial charge on any atom is -0.353 e. The molecule has 0 spiro atoms. The zero-order valence-electron chi connectivity index (χ0n) is 18.8. The predicted molar refractivity (Wildman–Crippen MR) is 136 cm³/mol. The molecule has 0 atom stereocenters. The van der Waals surface area contributed by atoms with E-state index < -0.39 is 10.8 Å². The average molecular weight is 484 g/mol. The summed E-state index contributed by atoms with van der Waals surface area (Å²) in [4.78, 5) is 23.7. The number of thioether (sulfide) groups is 1. The third-order valence-electron chi connectivity index (χ3n) is 6.30. The fourth-order valence-corrected chi connectivity index (χ4v) is 6.26. The highest BCUT2D eigenvalue weighted by atomic mass is 32.2. The Balaban J connectivity index is 1.51. The number of rotatable bonds is 6. The van der Waals surface area contributed by atoms with Crippen LogP contribution in [0.3, 0.4) is 0 Å². The summed E-state index contributed by atoms with van der Waals surface area (Å²) in [5.74, 6) is 3.73. The van der Waals surface area contributed by atoms with Crippen LogP contribution >= 0.6 is 11.8 Å². The van der Waals surface area contributed by atoms with Gasteiger partial charge in [0.1, 0.15) is 22.4 Å². The van der Waals surface area contributed by atoms with Crippen LogP contribution in [0.2, 0.25) is 0 Å². The van der Waals surface area contributed by atoms with Crippen molar-refractivity contribution < 1.29 is 4.21 Å². The molecule has 0 radical (unpaired) electrons. The fourth-order valence-electron chi connectivity index (χ4n) is 4.31. The van der Waals surface area contributed by atoms with Crippen LogP contribution in [-0.4, -0.2) is 74.9 Å². The summed E-state index contributed by atoms with van der Waals surface area (Å²) >= 11 is 1.68. The Kier molecular flexibility index (Phi) is 7.03. The molecule has 0 unspecified atom stereocenters. The largest absolute Gasteiger partial charge is 0.353 e. The first-order chi connectivity index (χ1) is 16.2. The smallest absolute Gasteiger partial charge is 0.228 e. The molecule has 174 valence electrons. The number of aromatic nitrogens is 4. The molecule has 2 fully saturated rings. The molecule has 2 saturated heterocycles. The Morgan fingerprint density at radius 3 is 2.48 bits per heavy atom. The van der Waals surface area contributed by atoms with E-state index in [-0.39, 0.29) is 0 Å². The normalized spacial score (nSPS) is 18.2. The molecule has 0 aliphatic carbocycles. The van der Waals surface area contributed by atoms with E-state index in [0.29, 0.717) is 17.5 Å². The Morgan fingerprint density at radius 2 is 1.76 bits per heavy atom. The number of nitrogens with one attached hydrogen (secondary N) is 1. The number of hydrogen-bond donors (Lipinski definition) is 1. The topological polar surface area (TPSA) is 87.1 Å². The van der Waals surface area contributed by atoms with Crippen molar-refractivity contribution >= 4 is 45.4 Å².